The van der Waals surface area contributed by atoms with E-state index in [2.05, 4.69) is 10.2 Å². The van der Waals surface area contributed by atoms with E-state index >= 15 is 0 Å². The number of hydrogen-bond acceptors (Lipinski definition) is 4. The Kier molecular flexibility index (Phi) is 5.38. The molecule has 29 heavy (non-hydrogen) atoms. The molecular weight excluding hydrogens is 373 g/mol. The molecule has 3 saturated heterocycles. The number of piperidine rings is 1. The molecule has 3 heterocycles. The Bertz CT molecular complexity index is 806. The van der Waals surface area contributed by atoms with Crippen molar-refractivity contribution >= 4 is 11.8 Å². The molecular formula is C22H30FN3O3. The number of nitrogens with zero attached hydrogens (tertiary/aromatic N) is 2. The molecule has 3 aliphatic heterocycles. The van der Waals surface area contributed by atoms with Crippen molar-refractivity contribution in [1.82, 2.24) is 15.1 Å². The molecule has 1 atom stereocenters. The van der Waals surface area contributed by atoms with Crippen LogP contribution in [0.25, 0.3) is 0 Å². The van der Waals surface area contributed by atoms with Crippen molar-refractivity contribution in [2.75, 3.05) is 53.0 Å². The third-order valence-electron chi connectivity index (χ3n) is 7.35. The van der Waals surface area contributed by atoms with Crippen LogP contribution in [0.3, 0.4) is 0 Å². The van der Waals surface area contributed by atoms with Crippen LogP contribution in [0.5, 0.6) is 0 Å². The third kappa shape index (κ3) is 3.34. The summed E-state index contributed by atoms with van der Waals surface area (Å²) in [5.74, 6) is -0.314. The maximum atomic E-state index is 13.9. The van der Waals surface area contributed by atoms with Gasteiger partial charge in [0, 0.05) is 57.4 Å². The number of benzene rings is 1. The minimum absolute atomic E-state index is 0.114. The molecule has 2 amide bonds. The predicted molar refractivity (Wildman–Crippen MR) is 107 cm³/mol. The summed E-state index contributed by atoms with van der Waals surface area (Å²) in [7, 11) is 1.70. The van der Waals surface area contributed by atoms with Crippen molar-refractivity contribution in [1.29, 1.82) is 0 Å². The summed E-state index contributed by atoms with van der Waals surface area (Å²) >= 11 is 0. The highest BCUT2D eigenvalue weighted by molar-refractivity contribution is 5.94. The number of methoxy groups -OCH3 is 1. The summed E-state index contributed by atoms with van der Waals surface area (Å²) in [6.45, 7) is 6.71. The molecule has 7 heteroatoms. The summed E-state index contributed by atoms with van der Waals surface area (Å²) < 4.78 is 19.2. The number of rotatable bonds is 4. The highest BCUT2D eigenvalue weighted by atomic mass is 19.1. The molecule has 4 rings (SSSR count). The Balaban J connectivity index is 1.50. The van der Waals surface area contributed by atoms with E-state index in [0.717, 1.165) is 45.4 Å². The second kappa shape index (κ2) is 7.69. The van der Waals surface area contributed by atoms with Crippen molar-refractivity contribution in [3.63, 3.8) is 0 Å². The first-order chi connectivity index (χ1) is 13.9. The van der Waals surface area contributed by atoms with Gasteiger partial charge in [0.2, 0.25) is 5.91 Å². The average molecular weight is 403 g/mol. The number of aryl methyl sites for hydroxylation is 1. The summed E-state index contributed by atoms with van der Waals surface area (Å²) in [6.07, 6.45) is 2.44. The fourth-order valence-electron chi connectivity index (χ4n) is 5.58. The van der Waals surface area contributed by atoms with Gasteiger partial charge in [-0.25, -0.2) is 4.39 Å². The van der Waals surface area contributed by atoms with Gasteiger partial charge in [-0.2, -0.15) is 0 Å². The van der Waals surface area contributed by atoms with E-state index in [9.17, 15) is 14.0 Å². The highest BCUT2D eigenvalue weighted by Gasteiger charge is 2.63. The van der Waals surface area contributed by atoms with Crippen molar-refractivity contribution < 1.29 is 18.7 Å². The lowest BCUT2D eigenvalue weighted by Gasteiger charge is -2.46. The Morgan fingerprint density at radius 3 is 2.62 bits per heavy atom. The number of carbonyl (C=O) groups excluding carboxylic acids is 2. The monoisotopic (exact) mass is 403 g/mol. The molecule has 3 aliphatic rings. The number of fused-ring (bicyclic) bond motifs is 1. The minimum atomic E-state index is -0.369. The van der Waals surface area contributed by atoms with Crippen molar-refractivity contribution in [3.8, 4) is 0 Å². The minimum Gasteiger partial charge on any atom is -0.383 e. The van der Waals surface area contributed by atoms with Crippen molar-refractivity contribution in [2.24, 2.45) is 10.8 Å². The fraction of sp³-hybridized carbons (Fsp3) is 0.636. The van der Waals surface area contributed by atoms with E-state index in [0.29, 0.717) is 30.8 Å². The van der Waals surface area contributed by atoms with Crippen LogP contribution in [0, 0.1) is 23.6 Å². The zero-order valence-corrected chi connectivity index (χ0v) is 17.3. The van der Waals surface area contributed by atoms with Gasteiger partial charge in [-0.3, -0.25) is 14.5 Å². The fourth-order valence-corrected chi connectivity index (χ4v) is 5.58. The molecule has 1 N–H and O–H groups in total. The van der Waals surface area contributed by atoms with Crippen LogP contribution in [0.1, 0.15) is 35.2 Å². The first kappa shape index (κ1) is 20.3. The Morgan fingerprint density at radius 2 is 2.00 bits per heavy atom. The van der Waals surface area contributed by atoms with Crippen LogP contribution in [-0.4, -0.2) is 74.6 Å². The van der Waals surface area contributed by atoms with Crippen LogP contribution in [0.15, 0.2) is 18.2 Å². The maximum Gasteiger partial charge on any atom is 0.253 e. The normalized spacial score (nSPS) is 26.4. The van der Waals surface area contributed by atoms with Crippen molar-refractivity contribution in [3.05, 3.63) is 35.1 Å². The average Bonchev–Trinajstić information content (AvgIpc) is 3.24. The van der Waals surface area contributed by atoms with E-state index in [1.54, 1.807) is 26.2 Å². The second-order valence-electron chi connectivity index (χ2n) is 8.83. The number of carbonyl (C=O) groups is 2. The number of amides is 2. The van der Waals surface area contributed by atoms with E-state index in [1.165, 1.54) is 6.07 Å². The Hall–Kier alpha value is -1.99. The third-order valence-corrected chi connectivity index (χ3v) is 7.35. The lowest BCUT2D eigenvalue weighted by molar-refractivity contribution is -0.133. The van der Waals surface area contributed by atoms with Gasteiger partial charge >= 0.3 is 0 Å². The van der Waals surface area contributed by atoms with Gasteiger partial charge in [-0.05, 0) is 43.9 Å². The molecule has 3 fully saturated rings. The maximum absolute atomic E-state index is 13.9. The van der Waals surface area contributed by atoms with Gasteiger partial charge in [0.25, 0.3) is 5.91 Å². The number of ether oxygens (including phenoxy) is 1. The molecule has 6 nitrogen and oxygen atoms in total. The largest absolute Gasteiger partial charge is 0.383 e. The molecule has 0 bridgehead atoms. The summed E-state index contributed by atoms with van der Waals surface area (Å²) in [5.41, 5.74) is 0.448. The molecule has 1 unspecified atom stereocenters. The van der Waals surface area contributed by atoms with Gasteiger partial charge < -0.3 is 15.0 Å². The molecule has 0 aromatic heterocycles. The Labute approximate surface area is 171 Å². The first-order valence-electron chi connectivity index (χ1n) is 10.5. The molecule has 158 valence electrons. The smallest absolute Gasteiger partial charge is 0.253 e. The van der Waals surface area contributed by atoms with Gasteiger partial charge in [-0.15, -0.1) is 0 Å². The van der Waals surface area contributed by atoms with Crippen molar-refractivity contribution in [2.45, 2.75) is 26.2 Å². The Morgan fingerprint density at radius 1 is 1.24 bits per heavy atom. The van der Waals surface area contributed by atoms with Crippen LogP contribution in [0.2, 0.25) is 0 Å². The lowest BCUT2D eigenvalue weighted by Crippen LogP contribution is -2.53. The second-order valence-corrected chi connectivity index (χ2v) is 8.83. The topological polar surface area (TPSA) is 61.9 Å². The van der Waals surface area contributed by atoms with Gasteiger partial charge in [0.15, 0.2) is 0 Å². The summed E-state index contributed by atoms with van der Waals surface area (Å²) in [4.78, 5) is 30.0. The number of halogens is 1. The molecule has 1 aromatic rings. The molecule has 0 radical (unpaired) electrons. The quantitative estimate of drug-likeness (QED) is 0.833. The molecule has 1 aromatic carbocycles. The summed E-state index contributed by atoms with van der Waals surface area (Å²) in [5, 5.41) is 3.05. The standard InChI is InChI=1S/C22H30FN3O3/c1-16-3-4-17(13-18(16)23)19(27)26-9-6-21(7-10-26)14-25(11-12-29-2)15-22(21)5-8-24-20(22)28/h3-4,13H,5-12,14-15H2,1-2H3,(H,24,28). The van der Waals surface area contributed by atoms with Gasteiger partial charge in [-0.1, -0.05) is 6.07 Å². The molecule has 0 aliphatic carbocycles. The molecule has 0 saturated carbocycles. The number of likely N-dealkylation sites (tertiary alicyclic amines) is 2. The summed E-state index contributed by atoms with van der Waals surface area (Å²) in [6, 6.07) is 4.67. The first-order valence-corrected chi connectivity index (χ1v) is 10.5. The van der Waals surface area contributed by atoms with E-state index < -0.39 is 0 Å². The zero-order chi connectivity index (χ0) is 20.6. The highest BCUT2D eigenvalue weighted by Crippen LogP contribution is 2.56. The van der Waals surface area contributed by atoms with E-state index in [4.69, 9.17) is 4.74 Å². The van der Waals surface area contributed by atoms with Crippen LogP contribution in [0.4, 0.5) is 4.39 Å². The van der Waals surface area contributed by atoms with Gasteiger partial charge in [0.05, 0.1) is 12.0 Å². The number of hydrogen-bond donors (Lipinski definition) is 1. The van der Waals surface area contributed by atoms with Gasteiger partial charge in [0.1, 0.15) is 5.82 Å². The number of nitrogens with one attached hydrogen (secondary N) is 1. The van der Waals surface area contributed by atoms with Crippen LogP contribution < -0.4 is 5.32 Å². The van der Waals surface area contributed by atoms with Crippen LogP contribution >= 0.6 is 0 Å². The predicted octanol–water partition coefficient (Wildman–Crippen LogP) is 1.82. The zero-order valence-electron chi connectivity index (χ0n) is 17.3. The SMILES string of the molecule is COCCN1CC2(CCN(C(=O)c3ccc(C)c(F)c3)CC2)C2(CCNC2=O)C1. The van der Waals surface area contributed by atoms with Crippen LogP contribution in [-0.2, 0) is 9.53 Å². The molecule has 2 spiro atoms. The lowest BCUT2D eigenvalue weighted by atomic mass is 9.60. The van der Waals surface area contributed by atoms with E-state index in [-0.39, 0.29) is 28.5 Å². The van der Waals surface area contributed by atoms with E-state index in [1.807, 2.05) is 4.90 Å².